The molecule has 0 bridgehead atoms. The summed E-state index contributed by atoms with van der Waals surface area (Å²) in [5.74, 6) is 0.812. The largest absolute Gasteiger partial charge is 0.307 e. The van der Waals surface area contributed by atoms with Crippen LogP contribution in [0.15, 0.2) is 6.33 Å². The average Bonchev–Trinajstić information content (AvgIpc) is 2.93. The summed E-state index contributed by atoms with van der Waals surface area (Å²) in [5, 5.41) is 15.2. The van der Waals surface area contributed by atoms with E-state index in [1.54, 1.807) is 0 Å². The van der Waals surface area contributed by atoms with E-state index in [4.69, 9.17) is 11.6 Å². The zero-order valence-corrected chi connectivity index (χ0v) is 11.5. The number of hydrogen-bond acceptors (Lipinski definition) is 4. The molecule has 0 saturated heterocycles. The topological polar surface area (TPSA) is 71.4 Å². The quantitative estimate of drug-likeness (QED) is 0.860. The number of rotatable bonds is 5. The van der Waals surface area contributed by atoms with Gasteiger partial charge < -0.3 is 5.32 Å². The van der Waals surface area contributed by atoms with Crippen molar-refractivity contribution in [2.45, 2.75) is 26.3 Å². The Hall–Kier alpha value is -1.40. The molecular formula is C11H17ClN6. The summed E-state index contributed by atoms with van der Waals surface area (Å²) in [7, 11) is 1.90. The van der Waals surface area contributed by atoms with Crippen LogP contribution in [0.4, 0.5) is 0 Å². The molecule has 0 aliphatic heterocycles. The van der Waals surface area contributed by atoms with Gasteiger partial charge in [-0.05, 0) is 13.5 Å². The van der Waals surface area contributed by atoms with Crippen molar-refractivity contribution in [1.29, 1.82) is 0 Å². The lowest BCUT2D eigenvalue weighted by atomic mass is 10.1. The molecule has 7 heteroatoms. The van der Waals surface area contributed by atoms with Gasteiger partial charge in [0.2, 0.25) is 0 Å². The Morgan fingerprint density at radius 2 is 2.33 bits per heavy atom. The maximum Gasteiger partial charge on any atom is 0.141 e. The predicted octanol–water partition coefficient (Wildman–Crippen LogP) is 1.39. The molecule has 0 aromatic carbocycles. The highest BCUT2D eigenvalue weighted by molar-refractivity contribution is 6.31. The Labute approximate surface area is 111 Å². The lowest BCUT2D eigenvalue weighted by Gasteiger charge is -2.15. The Morgan fingerprint density at radius 3 is 2.83 bits per heavy atom. The minimum atomic E-state index is 0.0600. The summed E-state index contributed by atoms with van der Waals surface area (Å²) in [6.07, 6.45) is 2.23. The van der Waals surface area contributed by atoms with Crippen LogP contribution in [0.2, 0.25) is 5.02 Å². The minimum absolute atomic E-state index is 0.0600. The zero-order valence-electron chi connectivity index (χ0n) is 10.7. The van der Waals surface area contributed by atoms with Crippen molar-refractivity contribution in [3.63, 3.8) is 0 Å². The highest BCUT2D eigenvalue weighted by atomic mass is 35.5. The first-order valence-electron chi connectivity index (χ1n) is 5.90. The van der Waals surface area contributed by atoms with Crippen molar-refractivity contribution in [2.24, 2.45) is 7.05 Å². The van der Waals surface area contributed by atoms with Gasteiger partial charge in [-0.1, -0.05) is 18.5 Å². The van der Waals surface area contributed by atoms with Crippen LogP contribution in [0.1, 0.15) is 30.2 Å². The first kappa shape index (κ1) is 13.0. The highest BCUT2D eigenvalue weighted by Crippen LogP contribution is 2.24. The van der Waals surface area contributed by atoms with Crippen LogP contribution in [-0.4, -0.2) is 31.5 Å². The van der Waals surface area contributed by atoms with Crippen LogP contribution in [0.5, 0.6) is 0 Å². The van der Waals surface area contributed by atoms with Gasteiger partial charge in [0, 0.05) is 13.5 Å². The van der Waals surface area contributed by atoms with Crippen LogP contribution in [0.25, 0.3) is 0 Å². The average molecular weight is 269 g/mol. The number of halogens is 1. The van der Waals surface area contributed by atoms with Gasteiger partial charge >= 0.3 is 0 Å². The molecule has 1 unspecified atom stereocenters. The van der Waals surface area contributed by atoms with Crippen molar-refractivity contribution < 1.29 is 0 Å². The van der Waals surface area contributed by atoms with Crippen LogP contribution in [0, 0.1) is 6.92 Å². The van der Waals surface area contributed by atoms with E-state index in [-0.39, 0.29) is 6.04 Å². The van der Waals surface area contributed by atoms with Crippen molar-refractivity contribution in [3.05, 3.63) is 28.6 Å². The van der Waals surface area contributed by atoms with Crippen molar-refractivity contribution >= 4 is 11.6 Å². The Morgan fingerprint density at radius 1 is 1.56 bits per heavy atom. The fourth-order valence-electron chi connectivity index (χ4n) is 1.99. The maximum atomic E-state index is 6.26. The molecule has 0 aliphatic rings. The second-order valence-electron chi connectivity index (χ2n) is 4.15. The lowest BCUT2D eigenvalue weighted by molar-refractivity contribution is 0.506. The summed E-state index contributed by atoms with van der Waals surface area (Å²) in [5.41, 5.74) is 1.85. The van der Waals surface area contributed by atoms with Gasteiger partial charge in [0.25, 0.3) is 0 Å². The van der Waals surface area contributed by atoms with E-state index in [9.17, 15) is 0 Å². The zero-order chi connectivity index (χ0) is 13.1. The second-order valence-corrected chi connectivity index (χ2v) is 4.53. The molecule has 6 nitrogen and oxygen atoms in total. The van der Waals surface area contributed by atoms with Gasteiger partial charge in [-0.25, -0.2) is 4.98 Å². The highest BCUT2D eigenvalue weighted by Gasteiger charge is 2.19. The van der Waals surface area contributed by atoms with E-state index in [2.05, 4.69) is 32.5 Å². The Bertz CT molecular complexity index is 504. The van der Waals surface area contributed by atoms with Crippen LogP contribution in [-0.2, 0) is 13.5 Å². The predicted molar refractivity (Wildman–Crippen MR) is 69.5 cm³/mol. The van der Waals surface area contributed by atoms with E-state index in [1.165, 1.54) is 6.33 Å². The molecule has 0 radical (unpaired) electrons. The number of nitrogens with zero attached hydrogens (tertiary/aromatic N) is 4. The molecule has 18 heavy (non-hydrogen) atoms. The molecule has 0 aliphatic carbocycles. The second kappa shape index (κ2) is 5.49. The fourth-order valence-corrected chi connectivity index (χ4v) is 2.23. The van der Waals surface area contributed by atoms with E-state index < -0.39 is 0 Å². The van der Waals surface area contributed by atoms with Crippen LogP contribution in [0.3, 0.4) is 0 Å². The van der Waals surface area contributed by atoms with Gasteiger partial charge in [0.05, 0.1) is 22.5 Å². The van der Waals surface area contributed by atoms with Gasteiger partial charge in [-0.2, -0.15) is 10.2 Å². The van der Waals surface area contributed by atoms with Crippen molar-refractivity contribution in [2.75, 3.05) is 6.54 Å². The first-order chi connectivity index (χ1) is 8.63. The summed E-state index contributed by atoms with van der Waals surface area (Å²) in [6.45, 7) is 4.81. The summed E-state index contributed by atoms with van der Waals surface area (Å²) in [4.78, 5) is 4.20. The van der Waals surface area contributed by atoms with E-state index in [0.717, 1.165) is 35.2 Å². The molecule has 2 rings (SSSR count). The van der Waals surface area contributed by atoms with Gasteiger partial charge in [-0.3, -0.25) is 9.78 Å². The SMILES string of the molecule is CCNC(Cc1c(Cl)c(C)nn1C)c1ncn[nH]1. The third-order valence-electron chi connectivity index (χ3n) is 2.87. The van der Waals surface area contributed by atoms with Gasteiger partial charge in [0.1, 0.15) is 12.2 Å². The number of hydrogen-bond donors (Lipinski definition) is 2. The Balaban J connectivity index is 2.24. The van der Waals surface area contributed by atoms with E-state index in [0.29, 0.717) is 0 Å². The van der Waals surface area contributed by atoms with Gasteiger partial charge in [0.15, 0.2) is 0 Å². The van der Waals surface area contributed by atoms with E-state index in [1.807, 2.05) is 18.7 Å². The lowest BCUT2D eigenvalue weighted by Crippen LogP contribution is -2.25. The molecule has 1 atom stereocenters. The first-order valence-corrected chi connectivity index (χ1v) is 6.27. The van der Waals surface area contributed by atoms with Crippen molar-refractivity contribution in [3.8, 4) is 0 Å². The van der Waals surface area contributed by atoms with Gasteiger partial charge in [-0.15, -0.1) is 0 Å². The molecule has 2 heterocycles. The number of nitrogens with one attached hydrogen (secondary N) is 2. The molecule has 0 fully saturated rings. The maximum absolute atomic E-state index is 6.26. The number of aromatic amines is 1. The number of likely N-dealkylation sites (N-methyl/N-ethyl adjacent to an activating group) is 1. The molecule has 0 spiro atoms. The summed E-state index contributed by atoms with van der Waals surface area (Å²) in [6, 6.07) is 0.0600. The number of H-pyrrole nitrogens is 1. The molecule has 2 aromatic heterocycles. The summed E-state index contributed by atoms with van der Waals surface area (Å²) >= 11 is 6.26. The third-order valence-corrected chi connectivity index (χ3v) is 3.37. The molecular weight excluding hydrogens is 252 g/mol. The molecule has 2 aromatic rings. The molecule has 2 N–H and O–H groups in total. The van der Waals surface area contributed by atoms with Crippen LogP contribution < -0.4 is 5.32 Å². The molecule has 0 saturated carbocycles. The standard InChI is InChI=1S/C11H17ClN6/c1-4-13-8(11-14-6-15-16-11)5-9-10(12)7(2)17-18(9)3/h6,8,13H,4-5H2,1-3H3,(H,14,15,16). The number of aromatic nitrogens is 5. The number of aryl methyl sites for hydroxylation is 2. The molecule has 98 valence electrons. The molecule has 0 amide bonds. The fraction of sp³-hybridized carbons (Fsp3) is 0.545. The van der Waals surface area contributed by atoms with Crippen molar-refractivity contribution in [1.82, 2.24) is 30.3 Å². The Kier molecular flexibility index (Phi) is 3.98. The minimum Gasteiger partial charge on any atom is -0.307 e. The monoisotopic (exact) mass is 268 g/mol. The summed E-state index contributed by atoms with van der Waals surface area (Å²) < 4.78 is 1.82. The van der Waals surface area contributed by atoms with Crippen LogP contribution >= 0.6 is 11.6 Å². The van der Waals surface area contributed by atoms with E-state index >= 15 is 0 Å². The smallest absolute Gasteiger partial charge is 0.141 e. The normalized spacial score (nSPS) is 12.9. The third kappa shape index (κ3) is 2.54.